The molecule has 2 aromatic rings. The first-order valence-corrected chi connectivity index (χ1v) is 8.21. The Bertz CT molecular complexity index is 676. The van der Waals surface area contributed by atoms with Crippen LogP contribution < -0.4 is 0 Å². The smallest absolute Gasteiger partial charge is 0.254 e. The SMILES string of the molecule is CCOCc1ncn2c1CN(C(=O)c1ccc(CC)cc1)CC2. The average Bonchev–Trinajstić information content (AvgIpc) is 3.01. The lowest BCUT2D eigenvalue weighted by Gasteiger charge is -2.29. The van der Waals surface area contributed by atoms with Crippen LogP contribution in [0.15, 0.2) is 30.6 Å². The second kappa shape index (κ2) is 6.96. The molecule has 0 saturated heterocycles. The van der Waals surface area contributed by atoms with Crippen LogP contribution in [0.4, 0.5) is 0 Å². The number of rotatable bonds is 5. The number of carbonyl (C=O) groups excluding carboxylic acids is 1. The van der Waals surface area contributed by atoms with Gasteiger partial charge in [-0.3, -0.25) is 4.79 Å². The Kier molecular flexibility index (Phi) is 4.76. The zero-order chi connectivity index (χ0) is 16.2. The molecule has 0 unspecified atom stereocenters. The molecule has 23 heavy (non-hydrogen) atoms. The van der Waals surface area contributed by atoms with Gasteiger partial charge in [0.25, 0.3) is 5.91 Å². The van der Waals surface area contributed by atoms with E-state index in [4.69, 9.17) is 4.74 Å². The van der Waals surface area contributed by atoms with Crippen molar-refractivity contribution in [3.8, 4) is 0 Å². The van der Waals surface area contributed by atoms with Crippen molar-refractivity contribution in [3.05, 3.63) is 53.1 Å². The molecule has 1 amide bonds. The summed E-state index contributed by atoms with van der Waals surface area (Å²) in [5.74, 6) is 0.0856. The van der Waals surface area contributed by atoms with Crippen LogP contribution in [-0.4, -0.2) is 33.5 Å². The van der Waals surface area contributed by atoms with Gasteiger partial charge in [0.05, 0.1) is 30.9 Å². The minimum atomic E-state index is 0.0856. The van der Waals surface area contributed by atoms with Gasteiger partial charge in [-0.05, 0) is 31.0 Å². The fourth-order valence-electron chi connectivity index (χ4n) is 2.87. The Hall–Kier alpha value is -2.14. The third-order valence-electron chi connectivity index (χ3n) is 4.32. The molecule has 0 saturated carbocycles. The molecule has 0 N–H and O–H groups in total. The molecular weight excluding hydrogens is 290 g/mol. The highest BCUT2D eigenvalue weighted by molar-refractivity contribution is 5.94. The Morgan fingerprint density at radius 1 is 1.22 bits per heavy atom. The zero-order valence-electron chi connectivity index (χ0n) is 13.8. The van der Waals surface area contributed by atoms with Gasteiger partial charge in [0.2, 0.25) is 0 Å². The fraction of sp³-hybridized carbons (Fsp3) is 0.444. The molecule has 0 bridgehead atoms. The number of nitrogens with zero attached hydrogens (tertiary/aromatic N) is 3. The number of hydrogen-bond donors (Lipinski definition) is 0. The lowest BCUT2D eigenvalue weighted by molar-refractivity contribution is 0.0706. The number of amides is 1. The van der Waals surface area contributed by atoms with Gasteiger partial charge in [-0.15, -0.1) is 0 Å². The molecule has 5 nitrogen and oxygen atoms in total. The maximum absolute atomic E-state index is 12.7. The van der Waals surface area contributed by atoms with Crippen LogP contribution in [0.3, 0.4) is 0 Å². The van der Waals surface area contributed by atoms with E-state index in [9.17, 15) is 4.79 Å². The molecule has 1 aliphatic heterocycles. The van der Waals surface area contributed by atoms with Gasteiger partial charge in [0.15, 0.2) is 0 Å². The number of fused-ring (bicyclic) bond motifs is 1. The third kappa shape index (κ3) is 3.29. The van der Waals surface area contributed by atoms with Crippen molar-refractivity contribution in [1.82, 2.24) is 14.5 Å². The lowest BCUT2D eigenvalue weighted by atomic mass is 10.1. The molecule has 122 valence electrons. The minimum absolute atomic E-state index is 0.0856. The van der Waals surface area contributed by atoms with Crippen LogP contribution in [0.2, 0.25) is 0 Å². The van der Waals surface area contributed by atoms with Gasteiger partial charge >= 0.3 is 0 Å². The highest BCUT2D eigenvalue weighted by atomic mass is 16.5. The first-order valence-electron chi connectivity index (χ1n) is 8.21. The van der Waals surface area contributed by atoms with Gasteiger partial charge in [-0.1, -0.05) is 19.1 Å². The number of carbonyl (C=O) groups is 1. The summed E-state index contributed by atoms with van der Waals surface area (Å²) >= 11 is 0. The molecule has 1 aliphatic rings. The number of benzene rings is 1. The van der Waals surface area contributed by atoms with E-state index in [1.165, 1.54) is 5.56 Å². The molecule has 0 fully saturated rings. The Morgan fingerprint density at radius 3 is 2.70 bits per heavy atom. The number of ether oxygens (including phenoxy) is 1. The minimum Gasteiger partial charge on any atom is -0.375 e. The Morgan fingerprint density at radius 2 is 2.00 bits per heavy atom. The molecule has 1 aromatic heterocycles. The maximum Gasteiger partial charge on any atom is 0.254 e. The van der Waals surface area contributed by atoms with Gasteiger partial charge < -0.3 is 14.2 Å². The van der Waals surface area contributed by atoms with Crippen molar-refractivity contribution in [1.29, 1.82) is 0 Å². The molecule has 0 aliphatic carbocycles. The predicted molar refractivity (Wildman–Crippen MR) is 88.1 cm³/mol. The van der Waals surface area contributed by atoms with Gasteiger partial charge in [-0.25, -0.2) is 4.98 Å². The van der Waals surface area contributed by atoms with E-state index in [-0.39, 0.29) is 5.91 Å². The summed E-state index contributed by atoms with van der Waals surface area (Å²) in [6.07, 6.45) is 2.83. The van der Waals surface area contributed by atoms with Crippen LogP contribution in [0.5, 0.6) is 0 Å². The zero-order valence-corrected chi connectivity index (χ0v) is 13.8. The topological polar surface area (TPSA) is 47.4 Å². The van der Waals surface area contributed by atoms with Crippen LogP contribution in [0.1, 0.15) is 41.2 Å². The second-order valence-corrected chi connectivity index (χ2v) is 5.75. The number of aryl methyl sites for hydroxylation is 1. The van der Waals surface area contributed by atoms with E-state index in [2.05, 4.69) is 16.5 Å². The molecule has 0 spiro atoms. The molecule has 5 heteroatoms. The Labute approximate surface area is 136 Å². The number of imidazole rings is 1. The summed E-state index contributed by atoms with van der Waals surface area (Å²) in [5, 5.41) is 0. The van der Waals surface area contributed by atoms with E-state index < -0.39 is 0 Å². The van der Waals surface area contributed by atoms with Gasteiger partial charge in [0, 0.05) is 25.3 Å². The fourth-order valence-corrected chi connectivity index (χ4v) is 2.87. The van der Waals surface area contributed by atoms with Crippen LogP contribution in [0, 0.1) is 0 Å². The van der Waals surface area contributed by atoms with E-state index in [0.717, 1.165) is 29.9 Å². The summed E-state index contributed by atoms with van der Waals surface area (Å²) in [5.41, 5.74) is 4.02. The molecular formula is C18H23N3O2. The van der Waals surface area contributed by atoms with E-state index in [0.29, 0.717) is 26.3 Å². The third-order valence-corrected chi connectivity index (χ3v) is 4.32. The van der Waals surface area contributed by atoms with Crippen molar-refractivity contribution < 1.29 is 9.53 Å². The highest BCUT2D eigenvalue weighted by Gasteiger charge is 2.24. The van der Waals surface area contributed by atoms with E-state index >= 15 is 0 Å². The normalized spacial score (nSPS) is 13.9. The van der Waals surface area contributed by atoms with Crippen molar-refractivity contribution in [2.45, 2.75) is 40.0 Å². The lowest BCUT2D eigenvalue weighted by Crippen LogP contribution is -2.38. The monoisotopic (exact) mass is 313 g/mol. The Balaban J connectivity index is 1.75. The summed E-state index contributed by atoms with van der Waals surface area (Å²) < 4.78 is 7.59. The maximum atomic E-state index is 12.7. The molecule has 2 heterocycles. The van der Waals surface area contributed by atoms with Crippen LogP contribution in [-0.2, 0) is 30.9 Å². The summed E-state index contributed by atoms with van der Waals surface area (Å²) in [7, 11) is 0. The number of aromatic nitrogens is 2. The quantitative estimate of drug-likeness (QED) is 0.852. The van der Waals surface area contributed by atoms with Crippen LogP contribution >= 0.6 is 0 Å². The average molecular weight is 313 g/mol. The van der Waals surface area contributed by atoms with Crippen LogP contribution in [0.25, 0.3) is 0 Å². The highest BCUT2D eigenvalue weighted by Crippen LogP contribution is 2.19. The van der Waals surface area contributed by atoms with Crippen molar-refractivity contribution in [3.63, 3.8) is 0 Å². The van der Waals surface area contributed by atoms with Crippen molar-refractivity contribution >= 4 is 5.91 Å². The van der Waals surface area contributed by atoms with Crippen molar-refractivity contribution in [2.75, 3.05) is 13.2 Å². The van der Waals surface area contributed by atoms with Gasteiger partial charge in [-0.2, -0.15) is 0 Å². The van der Waals surface area contributed by atoms with Crippen molar-refractivity contribution in [2.24, 2.45) is 0 Å². The second-order valence-electron chi connectivity index (χ2n) is 5.75. The van der Waals surface area contributed by atoms with E-state index in [1.807, 2.05) is 42.4 Å². The van der Waals surface area contributed by atoms with E-state index in [1.54, 1.807) is 0 Å². The summed E-state index contributed by atoms with van der Waals surface area (Å²) in [4.78, 5) is 19.0. The largest absolute Gasteiger partial charge is 0.375 e. The molecule has 1 aromatic carbocycles. The van der Waals surface area contributed by atoms with Gasteiger partial charge in [0.1, 0.15) is 0 Å². The first kappa shape index (κ1) is 15.7. The summed E-state index contributed by atoms with van der Waals surface area (Å²) in [6.45, 7) is 7.35. The summed E-state index contributed by atoms with van der Waals surface area (Å²) in [6, 6.07) is 7.91. The standard InChI is InChI=1S/C18H23N3O2/c1-3-14-5-7-15(8-6-14)18(22)20-9-10-21-13-19-16(12-23-4-2)17(21)11-20/h5-8,13H,3-4,9-12H2,1-2H3. The predicted octanol–water partition coefficient (Wildman–Crippen LogP) is 2.64. The molecule has 0 radical (unpaired) electrons. The molecule has 3 rings (SSSR count). The molecule has 0 atom stereocenters. The first-order chi connectivity index (χ1) is 11.2. The number of hydrogen-bond acceptors (Lipinski definition) is 3.